The van der Waals surface area contributed by atoms with Crippen molar-refractivity contribution in [3.63, 3.8) is 0 Å². The Morgan fingerprint density at radius 2 is 1.86 bits per heavy atom. The van der Waals surface area contributed by atoms with E-state index in [1.807, 2.05) is 56.0 Å². The van der Waals surface area contributed by atoms with E-state index in [-0.39, 0.29) is 11.9 Å². The van der Waals surface area contributed by atoms with Gasteiger partial charge in [0.1, 0.15) is 0 Å². The summed E-state index contributed by atoms with van der Waals surface area (Å²) >= 11 is 5.24. The lowest BCUT2D eigenvalue weighted by atomic mass is 9.94. The standard InChI is InChI=1S/C16H21N3OS/c1-4-19(5-2)15(20)13-11(3)17-16(21)18-14(13)12-9-7-6-8-10-12/h6-10,14H,4-5H2,1-3H3,(H2,17,18,21)/t14-/m1/s1. The van der Waals surface area contributed by atoms with E-state index in [1.54, 1.807) is 0 Å². The van der Waals surface area contributed by atoms with Crippen LogP contribution in [0.2, 0.25) is 0 Å². The number of hydrogen-bond acceptors (Lipinski definition) is 2. The summed E-state index contributed by atoms with van der Waals surface area (Å²) in [5, 5.41) is 6.83. The van der Waals surface area contributed by atoms with Gasteiger partial charge in [-0.25, -0.2) is 0 Å². The van der Waals surface area contributed by atoms with Crippen molar-refractivity contribution in [2.75, 3.05) is 13.1 Å². The molecule has 0 spiro atoms. The molecule has 0 radical (unpaired) electrons. The van der Waals surface area contributed by atoms with Gasteiger partial charge >= 0.3 is 0 Å². The molecule has 1 aliphatic rings. The van der Waals surface area contributed by atoms with E-state index >= 15 is 0 Å². The lowest BCUT2D eigenvalue weighted by molar-refractivity contribution is -0.127. The van der Waals surface area contributed by atoms with E-state index in [0.717, 1.165) is 16.8 Å². The van der Waals surface area contributed by atoms with Crippen LogP contribution in [-0.2, 0) is 4.79 Å². The Hall–Kier alpha value is -1.88. The summed E-state index contributed by atoms with van der Waals surface area (Å²) in [7, 11) is 0. The highest BCUT2D eigenvalue weighted by Crippen LogP contribution is 2.27. The van der Waals surface area contributed by atoms with E-state index in [0.29, 0.717) is 18.2 Å². The molecule has 1 amide bonds. The number of carbonyl (C=O) groups is 1. The van der Waals surface area contributed by atoms with Crippen molar-refractivity contribution < 1.29 is 4.79 Å². The molecule has 21 heavy (non-hydrogen) atoms. The van der Waals surface area contributed by atoms with Crippen LogP contribution in [0.25, 0.3) is 0 Å². The second-order valence-corrected chi connectivity index (χ2v) is 5.37. The number of allylic oxidation sites excluding steroid dienone is 1. The number of nitrogens with one attached hydrogen (secondary N) is 2. The maximum absolute atomic E-state index is 12.8. The molecule has 1 atom stereocenters. The molecule has 1 aromatic rings. The molecule has 0 fully saturated rings. The first-order valence-electron chi connectivity index (χ1n) is 7.21. The fourth-order valence-electron chi connectivity index (χ4n) is 2.55. The van der Waals surface area contributed by atoms with Gasteiger partial charge < -0.3 is 15.5 Å². The van der Waals surface area contributed by atoms with E-state index in [2.05, 4.69) is 10.6 Å². The number of thiocarbonyl (C=S) groups is 1. The van der Waals surface area contributed by atoms with Gasteiger partial charge in [-0.1, -0.05) is 30.3 Å². The van der Waals surface area contributed by atoms with Crippen molar-refractivity contribution in [1.82, 2.24) is 15.5 Å². The third-order valence-corrected chi connectivity index (χ3v) is 3.90. The second-order valence-electron chi connectivity index (χ2n) is 4.96. The van der Waals surface area contributed by atoms with Crippen molar-refractivity contribution in [3.8, 4) is 0 Å². The van der Waals surface area contributed by atoms with Crippen LogP contribution in [0, 0.1) is 0 Å². The molecule has 0 aliphatic carbocycles. The maximum atomic E-state index is 12.8. The Labute approximate surface area is 131 Å². The van der Waals surface area contributed by atoms with Gasteiger partial charge in [0.05, 0.1) is 11.6 Å². The molecule has 2 N–H and O–H groups in total. The predicted octanol–water partition coefficient (Wildman–Crippen LogP) is 2.35. The highest BCUT2D eigenvalue weighted by atomic mass is 32.1. The van der Waals surface area contributed by atoms with Crippen LogP contribution in [0.3, 0.4) is 0 Å². The molecule has 4 nitrogen and oxygen atoms in total. The molecule has 0 saturated heterocycles. The van der Waals surface area contributed by atoms with Crippen molar-refractivity contribution in [3.05, 3.63) is 47.2 Å². The molecule has 112 valence electrons. The lowest BCUT2D eigenvalue weighted by Crippen LogP contribution is -2.47. The molecule has 5 heteroatoms. The molecule has 1 aliphatic heterocycles. The average molecular weight is 303 g/mol. The number of hydrogen-bond donors (Lipinski definition) is 2. The van der Waals surface area contributed by atoms with E-state index in [1.165, 1.54) is 0 Å². The second kappa shape index (κ2) is 6.72. The summed E-state index contributed by atoms with van der Waals surface area (Å²) in [6.45, 7) is 7.27. The highest BCUT2D eigenvalue weighted by Gasteiger charge is 2.31. The Morgan fingerprint density at radius 1 is 1.24 bits per heavy atom. The Morgan fingerprint density at radius 3 is 2.43 bits per heavy atom. The number of nitrogens with zero attached hydrogens (tertiary/aromatic N) is 1. The normalized spacial score (nSPS) is 18.0. The highest BCUT2D eigenvalue weighted by molar-refractivity contribution is 7.80. The fraction of sp³-hybridized carbons (Fsp3) is 0.375. The van der Waals surface area contributed by atoms with Gasteiger partial charge in [0, 0.05) is 18.8 Å². The first-order valence-corrected chi connectivity index (χ1v) is 7.61. The number of carbonyl (C=O) groups excluding carboxylic acids is 1. The third-order valence-electron chi connectivity index (χ3n) is 3.68. The Kier molecular flexibility index (Phi) is 4.96. The molecular formula is C16H21N3OS. The van der Waals surface area contributed by atoms with Gasteiger partial charge in [-0.3, -0.25) is 4.79 Å². The van der Waals surface area contributed by atoms with Gasteiger partial charge in [-0.2, -0.15) is 0 Å². The number of benzene rings is 1. The predicted molar refractivity (Wildman–Crippen MR) is 88.7 cm³/mol. The van der Waals surface area contributed by atoms with Gasteiger partial charge in [0.15, 0.2) is 5.11 Å². The van der Waals surface area contributed by atoms with Crippen LogP contribution in [-0.4, -0.2) is 29.0 Å². The summed E-state index contributed by atoms with van der Waals surface area (Å²) in [6.07, 6.45) is 0. The Bertz CT molecular complexity index is 564. The molecule has 0 saturated carbocycles. The summed E-state index contributed by atoms with van der Waals surface area (Å²) in [6, 6.07) is 9.72. The molecule has 1 heterocycles. The molecule has 0 unspecified atom stereocenters. The zero-order valence-electron chi connectivity index (χ0n) is 12.6. The van der Waals surface area contributed by atoms with Crippen LogP contribution >= 0.6 is 12.2 Å². The first kappa shape index (κ1) is 15.5. The number of amides is 1. The molecule has 2 rings (SSSR count). The molecule has 0 aromatic heterocycles. The smallest absolute Gasteiger partial charge is 0.253 e. The van der Waals surface area contributed by atoms with E-state index in [4.69, 9.17) is 12.2 Å². The molecule has 1 aromatic carbocycles. The van der Waals surface area contributed by atoms with Crippen molar-refractivity contribution >= 4 is 23.2 Å². The van der Waals surface area contributed by atoms with Crippen LogP contribution in [0.4, 0.5) is 0 Å². The van der Waals surface area contributed by atoms with Crippen LogP contribution in [0.1, 0.15) is 32.4 Å². The van der Waals surface area contributed by atoms with Gasteiger partial charge in [0.2, 0.25) is 0 Å². The lowest BCUT2D eigenvalue weighted by Gasteiger charge is -2.33. The summed E-state index contributed by atoms with van der Waals surface area (Å²) in [5.74, 6) is 0.0499. The summed E-state index contributed by atoms with van der Waals surface area (Å²) < 4.78 is 0. The molecule has 0 bridgehead atoms. The van der Waals surface area contributed by atoms with Gasteiger partial charge in [-0.15, -0.1) is 0 Å². The topological polar surface area (TPSA) is 44.4 Å². The van der Waals surface area contributed by atoms with Gasteiger partial charge in [0.25, 0.3) is 5.91 Å². The summed E-state index contributed by atoms with van der Waals surface area (Å²) in [4.78, 5) is 14.6. The maximum Gasteiger partial charge on any atom is 0.253 e. The third kappa shape index (κ3) is 3.24. The fourth-order valence-corrected chi connectivity index (χ4v) is 2.82. The van der Waals surface area contributed by atoms with Crippen molar-refractivity contribution in [2.45, 2.75) is 26.8 Å². The average Bonchev–Trinajstić information content (AvgIpc) is 2.48. The monoisotopic (exact) mass is 303 g/mol. The Balaban J connectivity index is 2.44. The van der Waals surface area contributed by atoms with Crippen molar-refractivity contribution in [2.24, 2.45) is 0 Å². The van der Waals surface area contributed by atoms with Gasteiger partial charge in [-0.05, 0) is 38.6 Å². The number of likely N-dealkylation sites (N-methyl/N-ethyl adjacent to an activating group) is 1. The first-order chi connectivity index (χ1) is 10.1. The van der Waals surface area contributed by atoms with Crippen LogP contribution < -0.4 is 10.6 Å². The number of rotatable bonds is 4. The zero-order chi connectivity index (χ0) is 15.4. The largest absolute Gasteiger partial charge is 0.351 e. The SMILES string of the molecule is CCN(CC)C(=O)C1=C(C)NC(=S)N[C@@H]1c1ccccc1. The molecular weight excluding hydrogens is 282 g/mol. The van der Waals surface area contributed by atoms with Crippen molar-refractivity contribution in [1.29, 1.82) is 0 Å². The minimum absolute atomic E-state index is 0.0499. The quantitative estimate of drug-likeness (QED) is 0.838. The summed E-state index contributed by atoms with van der Waals surface area (Å²) in [5.41, 5.74) is 2.60. The van der Waals surface area contributed by atoms with Crippen LogP contribution in [0.15, 0.2) is 41.6 Å². The zero-order valence-corrected chi connectivity index (χ0v) is 13.5. The van der Waals surface area contributed by atoms with Crippen LogP contribution in [0.5, 0.6) is 0 Å². The van der Waals surface area contributed by atoms with E-state index in [9.17, 15) is 4.79 Å². The van der Waals surface area contributed by atoms with E-state index < -0.39 is 0 Å². The minimum Gasteiger partial charge on any atom is -0.351 e. The minimum atomic E-state index is -0.201.